The monoisotopic (exact) mass is 728 g/mol. The highest BCUT2D eigenvalue weighted by Gasteiger charge is 2.20. The third-order valence-corrected chi connectivity index (χ3v) is 10.4. The van der Waals surface area contributed by atoms with Gasteiger partial charge in [0.05, 0.1) is 11.6 Å². The van der Waals surface area contributed by atoms with Crippen LogP contribution in [0.3, 0.4) is 0 Å². The first-order valence-electron chi connectivity index (χ1n) is 18.8. The normalized spacial score (nSPS) is 11.1. The van der Waals surface area contributed by atoms with Gasteiger partial charge < -0.3 is 4.42 Å². The van der Waals surface area contributed by atoms with Crippen molar-refractivity contribution in [1.29, 1.82) is 5.26 Å². The minimum absolute atomic E-state index is 0.540. The number of hydrogen-bond donors (Lipinski definition) is 0. The maximum Gasteiger partial charge on any atom is 0.164 e. The number of nitrogens with zero attached hydrogens (tertiary/aromatic N) is 4. The van der Waals surface area contributed by atoms with Crippen molar-refractivity contribution in [3.63, 3.8) is 0 Å². The van der Waals surface area contributed by atoms with Gasteiger partial charge in [0.15, 0.2) is 17.5 Å². The number of hydrogen-bond acceptors (Lipinski definition) is 5. The average Bonchev–Trinajstić information content (AvgIpc) is 3.69. The Balaban J connectivity index is 1.15. The smallest absolute Gasteiger partial charge is 0.164 e. The molecule has 8 aromatic carbocycles. The third kappa shape index (κ3) is 6.42. The Bertz CT molecular complexity index is 3110. The molecular weight excluding hydrogens is 697 g/mol. The second kappa shape index (κ2) is 14.4. The Morgan fingerprint density at radius 1 is 0.368 bits per heavy atom. The van der Waals surface area contributed by atoms with Gasteiger partial charge in [-0.15, -0.1) is 0 Å². The second-order valence-corrected chi connectivity index (χ2v) is 13.9. The molecule has 266 valence electrons. The molecular formula is C52H32N4O. The van der Waals surface area contributed by atoms with Crippen LogP contribution in [0.5, 0.6) is 0 Å². The van der Waals surface area contributed by atoms with Crippen molar-refractivity contribution in [3.05, 3.63) is 200 Å². The fraction of sp³-hybridized carbons (Fsp3) is 0. The standard InChI is InChI=1S/C52H32N4O/c53-33-34-22-24-36(25-23-34)40-19-11-21-42(31-40)51-54-50(41-20-10-18-39(30-41)35-12-4-1-5-13-35)55-52(56-51)43-26-27-46-47(32-43)57-49-45(38-16-8-3-9-17-38)29-28-44(48(46)49)37-14-6-2-7-15-37/h1-32H. The van der Waals surface area contributed by atoms with E-state index in [1.807, 2.05) is 78.9 Å². The number of fused-ring (bicyclic) bond motifs is 3. The quantitative estimate of drug-likeness (QED) is 0.163. The number of rotatable bonds is 7. The summed E-state index contributed by atoms with van der Waals surface area (Å²) >= 11 is 0. The Morgan fingerprint density at radius 3 is 1.37 bits per heavy atom. The summed E-state index contributed by atoms with van der Waals surface area (Å²) in [6, 6.07) is 68.1. The van der Waals surface area contributed by atoms with Crippen LogP contribution < -0.4 is 0 Å². The van der Waals surface area contributed by atoms with Crippen LogP contribution >= 0.6 is 0 Å². The van der Waals surface area contributed by atoms with E-state index >= 15 is 0 Å². The van der Waals surface area contributed by atoms with E-state index in [1.54, 1.807) is 0 Å². The number of furan rings is 1. The summed E-state index contributed by atoms with van der Waals surface area (Å²) in [5.74, 6) is 1.66. The molecule has 0 bridgehead atoms. The minimum atomic E-state index is 0.540. The summed E-state index contributed by atoms with van der Waals surface area (Å²) in [7, 11) is 0. The van der Waals surface area contributed by atoms with Gasteiger partial charge in [-0.2, -0.15) is 5.26 Å². The highest BCUT2D eigenvalue weighted by Crippen LogP contribution is 2.43. The Kier molecular flexibility index (Phi) is 8.48. The van der Waals surface area contributed by atoms with Crippen molar-refractivity contribution in [2.24, 2.45) is 0 Å². The maximum absolute atomic E-state index is 9.35. The molecule has 0 aliphatic rings. The zero-order valence-electron chi connectivity index (χ0n) is 30.7. The Hall–Kier alpha value is -7.94. The molecule has 0 saturated carbocycles. The van der Waals surface area contributed by atoms with E-state index in [-0.39, 0.29) is 0 Å². The predicted octanol–water partition coefficient (Wildman–Crippen LogP) is 13.3. The lowest BCUT2D eigenvalue weighted by molar-refractivity contribution is 0.670. The van der Waals surface area contributed by atoms with Crippen LogP contribution in [0.25, 0.3) is 101 Å². The van der Waals surface area contributed by atoms with Crippen molar-refractivity contribution in [3.8, 4) is 84.7 Å². The summed E-state index contributed by atoms with van der Waals surface area (Å²) in [5, 5.41) is 11.4. The molecule has 10 aromatic rings. The zero-order chi connectivity index (χ0) is 38.1. The summed E-state index contributed by atoms with van der Waals surface area (Å²) in [5.41, 5.74) is 13.3. The highest BCUT2D eigenvalue weighted by molar-refractivity contribution is 6.16. The average molecular weight is 729 g/mol. The van der Waals surface area contributed by atoms with Gasteiger partial charge in [-0.3, -0.25) is 0 Å². The van der Waals surface area contributed by atoms with Gasteiger partial charge in [-0.05, 0) is 81.4 Å². The first kappa shape index (κ1) is 33.6. The summed E-state index contributed by atoms with van der Waals surface area (Å²) in [6.07, 6.45) is 0. The van der Waals surface area contributed by atoms with Crippen LogP contribution in [0, 0.1) is 11.3 Å². The summed E-state index contributed by atoms with van der Waals surface area (Å²) in [4.78, 5) is 15.4. The first-order valence-corrected chi connectivity index (χ1v) is 18.8. The molecule has 0 radical (unpaired) electrons. The number of nitriles is 1. The van der Waals surface area contributed by atoms with Crippen LogP contribution in [-0.4, -0.2) is 15.0 Å². The lowest BCUT2D eigenvalue weighted by Gasteiger charge is -2.11. The van der Waals surface area contributed by atoms with Crippen molar-refractivity contribution >= 4 is 21.9 Å². The maximum atomic E-state index is 9.35. The van der Waals surface area contributed by atoms with E-state index in [9.17, 15) is 5.26 Å². The summed E-state index contributed by atoms with van der Waals surface area (Å²) in [6.45, 7) is 0. The molecule has 2 heterocycles. The molecule has 57 heavy (non-hydrogen) atoms. The molecule has 10 rings (SSSR count). The van der Waals surface area contributed by atoms with Gasteiger partial charge in [-0.1, -0.05) is 152 Å². The van der Waals surface area contributed by atoms with Crippen molar-refractivity contribution in [2.45, 2.75) is 0 Å². The first-order chi connectivity index (χ1) is 28.2. The molecule has 0 spiro atoms. The molecule has 0 N–H and O–H groups in total. The Morgan fingerprint density at radius 2 is 0.807 bits per heavy atom. The third-order valence-electron chi connectivity index (χ3n) is 10.4. The van der Waals surface area contributed by atoms with Crippen LogP contribution in [-0.2, 0) is 0 Å². The lowest BCUT2D eigenvalue weighted by atomic mass is 9.94. The molecule has 0 amide bonds. The molecule has 0 aliphatic carbocycles. The zero-order valence-corrected chi connectivity index (χ0v) is 30.7. The van der Waals surface area contributed by atoms with Crippen LogP contribution in [0.2, 0.25) is 0 Å². The van der Waals surface area contributed by atoms with Gasteiger partial charge in [0.25, 0.3) is 0 Å². The van der Waals surface area contributed by atoms with E-state index in [0.29, 0.717) is 23.0 Å². The molecule has 5 nitrogen and oxygen atoms in total. The van der Waals surface area contributed by atoms with Crippen molar-refractivity contribution < 1.29 is 4.42 Å². The minimum Gasteiger partial charge on any atom is -0.455 e. The molecule has 0 unspecified atom stereocenters. The molecule has 2 aromatic heterocycles. The molecule has 0 saturated heterocycles. The van der Waals surface area contributed by atoms with E-state index in [1.165, 1.54) is 0 Å². The topological polar surface area (TPSA) is 75.6 Å². The molecule has 0 aliphatic heterocycles. The van der Waals surface area contributed by atoms with E-state index < -0.39 is 0 Å². The lowest BCUT2D eigenvalue weighted by Crippen LogP contribution is -2.00. The molecule has 0 atom stereocenters. The largest absolute Gasteiger partial charge is 0.455 e. The highest BCUT2D eigenvalue weighted by atomic mass is 16.3. The Labute approximate surface area is 329 Å². The van der Waals surface area contributed by atoms with Crippen LogP contribution in [0.4, 0.5) is 0 Å². The SMILES string of the molecule is N#Cc1ccc(-c2cccc(-c3nc(-c4cccc(-c5ccccc5)c4)nc(-c4ccc5c(c4)oc4c(-c6ccccc6)ccc(-c6ccccc6)c45)n3)c2)cc1. The molecule has 5 heteroatoms. The van der Waals surface area contributed by atoms with Crippen molar-refractivity contribution in [1.82, 2.24) is 15.0 Å². The van der Waals surface area contributed by atoms with Gasteiger partial charge in [0, 0.05) is 33.0 Å². The van der Waals surface area contributed by atoms with Crippen molar-refractivity contribution in [2.75, 3.05) is 0 Å². The van der Waals surface area contributed by atoms with Gasteiger partial charge >= 0.3 is 0 Å². The fourth-order valence-electron chi connectivity index (χ4n) is 7.53. The molecule has 0 fully saturated rings. The number of aromatic nitrogens is 3. The van der Waals surface area contributed by atoms with Gasteiger partial charge in [0.2, 0.25) is 0 Å². The summed E-state index contributed by atoms with van der Waals surface area (Å²) < 4.78 is 6.85. The number of benzene rings is 8. The van der Waals surface area contributed by atoms with Gasteiger partial charge in [-0.25, -0.2) is 15.0 Å². The van der Waals surface area contributed by atoms with Gasteiger partial charge in [0.1, 0.15) is 11.2 Å². The van der Waals surface area contributed by atoms with E-state index in [2.05, 4.69) is 121 Å². The van der Waals surface area contributed by atoms with Crippen LogP contribution in [0.1, 0.15) is 5.56 Å². The predicted molar refractivity (Wildman–Crippen MR) is 230 cm³/mol. The van der Waals surface area contributed by atoms with E-state index in [4.69, 9.17) is 19.4 Å². The van der Waals surface area contributed by atoms with Crippen LogP contribution in [0.15, 0.2) is 199 Å². The fourth-order valence-corrected chi connectivity index (χ4v) is 7.53. The second-order valence-electron chi connectivity index (χ2n) is 13.9. The van der Waals surface area contributed by atoms with E-state index in [0.717, 1.165) is 83.1 Å².